The average Bonchev–Trinajstić information content (AvgIpc) is 2.94. The minimum Gasteiger partial charge on any atom is -0.343 e. The number of likely N-dealkylation sites (N-methyl/N-ethyl adjacent to an activating group) is 1. The molecule has 26 heavy (non-hydrogen) atoms. The molecule has 0 amide bonds. The molecule has 0 aliphatic carbocycles. The Labute approximate surface area is 159 Å². The van der Waals surface area contributed by atoms with Crippen molar-refractivity contribution in [1.82, 2.24) is 9.47 Å². The summed E-state index contributed by atoms with van der Waals surface area (Å²) in [6.07, 6.45) is 1.91. The van der Waals surface area contributed by atoms with Crippen LogP contribution in [0.4, 0.5) is 4.39 Å². The maximum Gasteiger partial charge on any atom is 0.123 e. The molecule has 2 heterocycles. The predicted octanol–water partition coefficient (Wildman–Crippen LogP) is 5.44. The van der Waals surface area contributed by atoms with Crippen molar-refractivity contribution in [3.63, 3.8) is 0 Å². The van der Waals surface area contributed by atoms with Gasteiger partial charge < -0.3 is 4.57 Å². The molecule has 4 heteroatoms. The Morgan fingerprint density at radius 3 is 2.65 bits per heavy atom. The fourth-order valence-electron chi connectivity index (χ4n) is 4.23. The van der Waals surface area contributed by atoms with Gasteiger partial charge in [-0.2, -0.15) is 0 Å². The molecule has 0 N–H and O–H groups in total. The Bertz CT molecular complexity index is 929. The molecule has 4 rings (SSSR count). The van der Waals surface area contributed by atoms with Gasteiger partial charge in [0.05, 0.1) is 10.5 Å². The maximum atomic E-state index is 13.2. The molecule has 1 aliphatic rings. The van der Waals surface area contributed by atoms with E-state index in [4.69, 9.17) is 11.6 Å². The van der Waals surface area contributed by atoms with Gasteiger partial charge in [0.1, 0.15) is 5.82 Å². The molecule has 2 aromatic carbocycles. The van der Waals surface area contributed by atoms with Gasteiger partial charge in [-0.3, -0.25) is 4.90 Å². The van der Waals surface area contributed by atoms with Crippen molar-refractivity contribution in [3.05, 3.63) is 70.1 Å². The first-order chi connectivity index (χ1) is 12.6. The predicted molar refractivity (Wildman–Crippen MR) is 106 cm³/mol. The highest BCUT2D eigenvalue weighted by molar-refractivity contribution is 6.35. The first-order valence-electron chi connectivity index (χ1n) is 9.35. The maximum absolute atomic E-state index is 13.2. The van der Waals surface area contributed by atoms with Crippen LogP contribution in [0.5, 0.6) is 0 Å². The van der Waals surface area contributed by atoms with Crippen LogP contribution in [-0.2, 0) is 25.9 Å². The molecule has 0 bridgehead atoms. The normalized spacial score (nSPS) is 17.6. The van der Waals surface area contributed by atoms with Crippen molar-refractivity contribution < 1.29 is 4.39 Å². The van der Waals surface area contributed by atoms with Crippen LogP contribution in [0.15, 0.2) is 42.5 Å². The Kier molecular flexibility index (Phi) is 4.76. The second-order valence-corrected chi connectivity index (χ2v) is 7.61. The summed E-state index contributed by atoms with van der Waals surface area (Å²) in [5.74, 6) is -0.186. The Balaban J connectivity index is 1.76. The van der Waals surface area contributed by atoms with Crippen LogP contribution in [0.25, 0.3) is 10.9 Å². The van der Waals surface area contributed by atoms with Crippen molar-refractivity contribution in [2.75, 3.05) is 6.54 Å². The van der Waals surface area contributed by atoms with E-state index >= 15 is 0 Å². The molecular formula is C22H24ClFN2. The molecule has 1 aliphatic heterocycles. The summed E-state index contributed by atoms with van der Waals surface area (Å²) in [7, 11) is 0. The van der Waals surface area contributed by atoms with Crippen LogP contribution in [0.1, 0.15) is 30.7 Å². The van der Waals surface area contributed by atoms with Gasteiger partial charge in [0.2, 0.25) is 0 Å². The molecule has 0 radical (unpaired) electrons. The molecule has 1 atom stereocenters. The summed E-state index contributed by atoms with van der Waals surface area (Å²) in [5.41, 5.74) is 5.12. The lowest BCUT2D eigenvalue weighted by molar-refractivity contribution is 0.192. The minimum atomic E-state index is -0.186. The van der Waals surface area contributed by atoms with E-state index in [-0.39, 0.29) is 5.82 Å². The van der Waals surface area contributed by atoms with Crippen LogP contribution in [0.2, 0.25) is 5.02 Å². The summed E-state index contributed by atoms with van der Waals surface area (Å²) in [6.45, 7) is 7.43. The molecule has 1 aromatic heterocycles. The number of rotatable bonds is 4. The number of benzene rings is 2. The molecule has 3 aromatic rings. The van der Waals surface area contributed by atoms with E-state index < -0.39 is 0 Å². The van der Waals surface area contributed by atoms with Gasteiger partial charge >= 0.3 is 0 Å². The fraction of sp³-hybridized carbons (Fsp3) is 0.364. The lowest BCUT2D eigenvalue weighted by Gasteiger charge is -2.33. The number of aromatic nitrogens is 1. The van der Waals surface area contributed by atoms with E-state index in [1.54, 1.807) is 0 Å². The quantitative estimate of drug-likeness (QED) is 0.593. The SMILES string of the molecule is CCN1Cc2c(n(CCc3ccc(F)cc3)c3c(Cl)cccc23)CC1C. The number of fused-ring (bicyclic) bond motifs is 3. The van der Waals surface area contributed by atoms with Gasteiger partial charge in [0.25, 0.3) is 0 Å². The van der Waals surface area contributed by atoms with Crippen molar-refractivity contribution in [3.8, 4) is 0 Å². The molecule has 0 fully saturated rings. The first-order valence-corrected chi connectivity index (χ1v) is 9.73. The van der Waals surface area contributed by atoms with Gasteiger partial charge in [-0.25, -0.2) is 4.39 Å². The molecule has 0 saturated heterocycles. The van der Waals surface area contributed by atoms with Gasteiger partial charge in [-0.15, -0.1) is 0 Å². The van der Waals surface area contributed by atoms with E-state index in [1.165, 1.54) is 28.8 Å². The fourth-order valence-corrected chi connectivity index (χ4v) is 4.50. The van der Waals surface area contributed by atoms with Crippen molar-refractivity contribution in [2.24, 2.45) is 0 Å². The second-order valence-electron chi connectivity index (χ2n) is 7.21. The molecule has 136 valence electrons. The van der Waals surface area contributed by atoms with Crippen molar-refractivity contribution in [2.45, 2.75) is 45.8 Å². The van der Waals surface area contributed by atoms with E-state index in [0.29, 0.717) is 6.04 Å². The van der Waals surface area contributed by atoms with Gasteiger partial charge in [-0.1, -0.05) is 42.8 Å². The highest BCUT2D eigenvalue weighted by Gasteiger charge is 2.28. The highest BCUT2D eigenvalue weighted by atomic mass is 35.5. The highest BCUT2D eigenvalue weighted by Crippen LogP contribution is 2.36. The number of hydrogen-bond acceptors (Lipinski definition) is 1. The van der Waals surface area contributed by atoms with E-state index in [9.17, 15) is 4.39 Å². The number of para-hydroxylation sites is 1. The monoisotopic (exact) mass is 370 g/mol. The number of nitrogens with zero attached hydrogens (tertiary/aromatic N) is 2. The Morgan fingerprint density at radius 1 is 1.15 bits per heavy atom. The van der Waals surface area contributed by atoms with Crippen molar-refractivity contribution >= 4 is 22.5 Å². The molecule has 2 nitrogen and oxygen atoms in total. The summed E-state index contributed by atoms with van der Waals surface area (Å²) in [4.78, 5) is 2.52. The minimum absolute atomic E-state index is 0.186. The lowest BCUT2D eigenvalue weighted by Crippen LogP contribution is -2.38. The van der Waals surface area contributed by atoms with Crippen LogP contribution < -0.4 is 0 Å². The zero-order valence-electron chi connectivity index (χ0n) is 15.3. The smallest absolute Gasteiger partial charge is 0.123 e. The Hall–Kier alpha value is -1.84. The molecule has 1 unspecified atom stereocenters. The van der Waals surface area contributed by atoms with E-state index in [0.717, 1.165) is 48.6 Å². The largest absolute Gasteiger partial charge is 0.343 e. The number of halogens is 2. The lowest BCUT2D eigenvalue weighted by atomic mass is 9.99. The third-order valence-electron chi connectivity index (χ3n) is 5.67. The van der Waals surface area contributed by atoms with Gasteiger partial charge in [0.15, 0.2) is 0 Å². The summed E-state index contributed by atoms with van der Waals surface area (Å²) >= 11 is 6.61. The summed E-state index contributed by atoms with van der Waals surface area (Å²) in [5, 5.41) is 2.09. The van der Waals surface area contributed by atoms with Crippen LogP contribution in [-0.4, -0.2) is 22.1 Å². The molecular weight excluding hydrogens is 347 g/mol. The van der Waals surface area contributed by atoms with E-state index in [2.05, 4.69) is 29.4 Å². The van der Waals surface area contributed by atoms with Crippen LogP contribution in [0.3, 0.4) is 0 Å². The van der Waals surface area contributed by atoms with Crippen LogP contribution >= 0.6 is 11.6 Å². The third-order valence-corrected chi connectivity index (χ3v) is 5.98. The zero-order valence-corrected chi connectivity index (χ0v) is 16.1. The number of aryl methyl sites for hydroxylation is 2. The third kappa shape index (κ3) is 3.04. The molecule has 0 saturated carbocycles. The summed E-state index contributed by atoms with van der Waals surface area (Å²) in [6, 6.07) is 13.6. The topological polar surface area (TPSA) is 8.17 Å². The van der Waals surface area contributed by atoms with Gasteiger partial charge in [0, 0.05) is 36.6 Å². The van der Waals surface area contributed by atoms with Crippen LogP contribution in [0, 0.1) is 5.82 Å². The zero-order chi connectivity index (χ0) is 18.3. The van der Waals surface area contributed by atoms with Crippen molar-refractivity contribution in [1.29, 1.82) is 0 Å². The number of hydrogen-bond donors (Lipinski definition) is 0. The average molecular weight is 371 g/mol. The standard InChI is InChI=1S/C22H24ClFN2/c1-3-25-14-19-18-5-4-6-20(23)22(18)26(21(19)13-15(25)2)12-11-16-7-9-17(24)10-8-16/h4-10,15H,3,11-14H2,1-2H3. The van der Waals surface area contributed by atoms with E-state index in [1.807, 2.05) is 24.3 Å². The first kappa shape index (κ1) is 17.6. The Morgan fingerprint density at radius 2 is 1.92 bits per heavy atom. The second kappa shape index (κ2) is 7.05. The molecule has 0 spiro atoms. The van der Waals surface area contributed by atoms with Gasteiger partial charge in [-0.05, 0) is 49.2 Å². The summed E-state index contributed by atoms with van der Waals surface area (Å²) < 4.78 is 15.6.